The Morgan fingerprint density at radius 3 is 2.44 bits per heavy atom. The molecular weight excluding hydrogens is 505 g/mol. The largest absolute Gasteiger partial charge is 0.442 e. The van der Waals surface area contributed by atoms with Gasteiger partial charge in [-0.3, -0.25) is 4.79 Å². The molecule has 0 unspecified atom stereocenters. The molecule has 0 saturated heterocycles. The number of rotatable bonds is 7. The first-order valence-corrected chi connectivity index (χ1v) is 12.7. The molecule has 9 heteroatoms. The number of benzene rings is 3. The van der Waals surface area contributed by atoms with Crippen LogP contribution in [0.5, 0.6) is 0 Å². The number of carbonyl (C=O) groups is 1. The van der Waals surface area contributed by atoms with Gasteiger partial charge in [-0.25, -0.2) is 22.8 Å². The van der Waals surface area contributed by atoms with Crippen LogP contribution in [0.4, 0.5) is 13.2 Å². The molecule has 0 fully saturated rings. The number of fused-ring (bicyclic) bond motifs is 1. The maximum absolute atomic E-state index is 15.0. The quantitative estimate of drug-likeness (QED) is 0.302. The smallest absolute Gasteiger partial charge is 0.313 e. The van der Waals surface area contributed by atoms with Crippen LogP contribution in [0.2, 0.25) is 0 Å². The number of carbonyl (C=O) groups excluding carboxylic acids is 1. The van der Waals surface area contributed by atoms with Crippen molar-refractivity contribution >= 4 is 5.97 Å². The predicted octanol–water partition coefficient (Wildman–Crippen LogP) is 5.83. The van der Waals surface area contributed by atoms with E-state index in [2.05, 4.69) is 15.4 Å². The van der Waals surface area contributed by atoms with Crippen LogP contribution in [0.25, 0.3) is 22.5 Å². The highest BCUT2D eigenvalue weighted by Gasteiger charge is 2.24. The van der Waals surface area contributed by atoms with Crippen LogP contribution >= 0.6 is 0 Å². The van der Waals surface area contributed by atoms with Gasteiger partial charge in [0.1, 0.15) is 23.8 Å². The third kappa shape index (κ3) is 6.04. The Bertz CT molecular complexity index is 1500. The highest BCUT2D eigenvalue weighted by atomic mass is 19.1. The predicted molar refractivity (Wildman–Crippen MR) is 141 cm³/mol. The van der Waals surface area contributed by atoms with Gasteiger partial charge >= 0.3 is 5.97 Å². The average molecular weight is 535 g/mol. The molecule has 1 aliphatic carbocycles. The van der Waals surface area contributed by atoms with Gasteiger partial charge in [0.15, 0.2) is 12.6 Å². The van der Waals surface area contributed by atoms with Crippen molar-refractivity contribution in [1.82, 2.24) is 20.1 Å². The number of hydrogen-bond acceptors (Lipinski definition) is 5. The molecule has 0 saturated carbocycles. The zero-order chi connectivity index (χ0) is 27.7. The van der Waals surface area contributed by atoms with Gasteiger partial charge in [-0.05, 0) is 86.2 Å². The Kier molecular flexibility index (Phi) is 7.27. The summed E-state index contributed by atoms with van der Waals surface area (Å²) in [6.45, 7) is 5.25. The summed E-state index contributed by atoms with van der Waals surface area (Å²) in [5.41, 5.74) is 2.95. The molecule has 1 atom stereocenters. The van der Waals surface area contributed by atoms with Crippen molar-refractivity contribution in [3.63, 3.8) is 0 Å². The van der Waals surface area contributed by atoms with E-state index in [1.807, 2.05) is 0 Å². The number of nitrogens with zero attached hydrogens (tertiary/aromatic N) is 3. The van der Waals surface area contributed by atoms with Crippen molar-refractivity contribution in [1.29, 1.82) is 0 Å². The van der Waals surface area contributed by atoms with E-state index in [-0.39, 0.29) is 36.7 Å². The van der Waals surface area contributed by atoms with Crippen molar-refractivity contribution in [2.75, 3.05) is 0 Å². The molecule has 202 valence electrons. The lowest BCUT2D eigenvalue weighted by molar-refractivity contribution is -0.157. The van der Waals surface area contributed by atoms with Gasteiger partial charge < -0.3 is 10.1 Å². The molecule has 1 aromatic heterocycles. The molecule has 1 aliphatic rings. The molecule has 0 aliphatic heterocycles. The zero-order valence-corrected chi connectivity index (χ0v) is 22.0. The summed E-state index contributed by atoms with van der Waals surface area (Å²) >= 11 is 0. The lowest BCUT2D eigenvalue weighted by atomic mass is 9.98. The molecule has 0 bridgehead atoms. The van der Waals surface area contributed by atoms with Crippen LogP contribution in [0.15, 0.2) is 60.9 Å². The van der Waals surface area contributed by atoms with Crippen molar-refractivity contribution in [3.8, 4) is 22.5 Å². The number of hydrogen-bond donors (Lipinski definition) is 1. The number of esters is 1. The van der Waals surface area contributed by atoms with Gasteiger partial charge in [-0.2, -0.15) is 0 Å². The van der Waals surface area contributed by atoms with Crippen molar-refractivity contribution in [2.45, 2.75) is 52.9 Å². The maximum Gasteiger partial charge on any atom is 0.313 e. The van der Waals surface area contributed by atoms with Crippen LogP contribution in [0.1, 0.15) is 37.5 Å². The summed E-state index contributed by atoms with van der Waals surface area (Å²) in [4.78, 5) is 16.3. The molecule has 3 aromatic carbocycles. The molecule has 1 heterocycles. The molecule has 6 nitrogen and oxygen atoms in total. The summed E-state index contributed by atoms with van der Waals surface area (Å²) in [5, 5.41) is 7.56. The second-order valence-corrected chi connectivity index (χ2v) is 10.8. The fourth-order valence-corrected chi connectivity index (χ4v) is 4.58. The standard InChI is InChI=1S/C30H29F3N4O2/c1-30(2,3)29(38)39-17-37-16-35-28(36-37)20-6-4-5-18(9-20)22-13-26(32)25(27(33)14-22)15-34-24-11-19-7-8-23(31)10-21(19)12-24/h4-10,13-14,16,24,34H,11-12,15,17H2,1-3H3/t24-/m0/s1. The highest BCUT2D eigenvalue weighted by molar-refractivity contribution is 5.75. The minimum Gasteiger partial charge on any atom is -0.442 e. The van der Waals surface area contributed by atoms with E-state index in [0.29, 0.717) is 35.4 Å². The van der Waals surface area contributed by atoms with Crippen LogP contribution in [-0.4, -0.2) is 26.8 Å². The summed E-state index contributed by atoms with van der Waals surface area (Å²) in [7, 11) is 0. The van der Waals surface area contributed by atoms with Gasteiger partial charge in [0.2, 0.25) is 0 Å². The third-order valence-corrected chi connectivity index (χ3v) is 6.74. The molecule has 5 rings (SSSR count). The SMILES string of the molecule is CC(C)(C)C(=O)OCn1cnc(-c2cccc(-c3cc(F)c(CN[C@H]4Cc5ccc(F)cc5C4)c(F)c3)c2)n1. The number of nitrogens with one attached hydrogen (secondary N) is 1. The van der Waals surface area contributed by atoms with Gasteiger partial charge in [-0.15, -0.1) is 5.10 Å². The summed E-state index contributed by atoms with van der Waals surface area (Å²) in [6, 6.07) is 14.4. The van der Waals surface area contributed by atoms with Crippen LogP contribution in [0.3, 0.4) is 0 Å². The summed E-state index contributed by atoms with van der Waals surface area (Å²) < 4.78 is 50.3. The minimum absolute atomic E-state index is 0.0127. The van der Waals surface area contributed by atoms with Gasteiger partial charge in [-0.1, -0.05) is 24.3 Å². The molecule has 39 heavy (non-hydrogen) atoms. The lowest BCUT2D eigenvalue weighted by Crippen LogP contribution is -2.29. The fraction of sp³-hybridized carbons (Fsp3) is 0.300. The van der Waals surface area contributed by atoms with Crippen LogP contribution in [0, 0.1) is 22.9 Å². The van der Waals surface area contributed by atoms with Crippen molar-refractivity contribution < 1.29 is 22.7 Å². The number of ether oxygens (including phenoxy) is 1. The Morgan fingerprint density at radius 2 is 1.69 bits per heavy atom. The Balaban J connectivity index is 1.26. The Labute approximate surface area is 224 Å². The van der Waals surface area contributed by atoms with E-state index >= 15 is 8.78 Å². The van der Waals surface area contributed by atoms with E-state index in [0.717, 1.165) is 11.1 Å². The van der Waals surface area contributed by atoms with E-state index in [4.69, 9.17) is 4.74 Å². The first-order valence-electron chi connectivity index (χ1n) is 12.7. The third-order valence-electron chi connectivity index (χ3n) is 6.74. The van der Waals surface area contributed by atoms with E-state index in [9.17, 15) is 9.18 Å². The zero-order valence-electron chi connectivity index (χ0n) is 22.0. The average Bonchev–Trinajstić information content (AvgIpc) is 3.53. The summed E-state index contributed by atoms with van der Waals surface area (Å²) in [5.74, 6) is -1.53. The molecule has 0 amide bonds. The topological polar surface area (TPSA) is 69.0 Å². The Hall–Kier alpha value is -3.98. The Morgan fingerprint density at radius 1 is 0.974 bits per heavy atom. The van der Waals surface area contributed by atoms with Gasteiger partial charge in [0.05, 0.1) is 5.41 Å². The van der Waals surface area contributed by atoms with Gasteiger partial charge in [0.25, 0.3) is 0 Å². The molecular formula is C30H29F3N4O2. The molecule has 4 aromatic rings. The van der Waals surface area contributed by atoms with E-state index < -0.39 is 17.0 Å². The van der Waals surface area contributed by atoms with Crippen LogP contribution < -0.4 is 5.32 Å². The first kappa shape index (κ1) is 26.6. The molecule has 0 spiro atoms. The van der Waals surface area contributed by atoms with E-state index in [1.54, 1.807) is 51.1 Å². The van der Waals surface area contributed by atoms with Gasteiger partial charge in [0, 0.05) is 23.7 Å². The second-order valence-electron chi connectivity index (χ2n) is 10.8. The molecule has 1 N–H and O–H groups in total. The number of aromatic nitrogens is 3. The number of halogens is 3. The maximum atomic E-state index is 15.0. The monoisotopic (exact) mass is 534 g/mol. The second kappa shape index (κ2) is 10.6. The van der Waals surface area contributed by atoms with Crippen LogP contribution in [-0.2, 0) is 35.6 Å². The fourth-order valence-electron chi connectivity index (χ4n) is 4.58. The van der Waals surface area contributed by atoms with E-state index in [1.165, 1.54) is 35.3 Å². The normalized spacial score (nSPS) is 14.9. The summed E-state index contributed by atoms with van der Waals surface area (Å²) in [6.07, 6.45) is 2.76. The molecule has 0 radical (unpaired) electrons. The minimum atomic E-state index is -0.646. The highest BCUT2D eigenvalue weighted by Crippen LogP contribution is 2.29. The van der Waals surface area contributed by atoms with Crippen molar-refractivity contribution in [2.24, 2.45) is 5.41 Å². The first-order chi connectivity index (χ1) is 18.6. The van der Waals surface area contributed by atoms with Crippen molar-refractivity contribution in [3.05, 3.63) is 95.1 Å². The lowest BCUT2D eigenvalue weighted by Gasteiger charge is -2.16.